The second kappa shape index (κ2) is 7.62. The van der Waals surface area contributed by atoms with Crippen molar-refractivity contribution < 1.29 is 4.79 Å². The van der Waals surface area contributed by atoms with Crippen molar-refractivity contribution in [2.24, 2.45) is 5.73 Å². The molecule has 82 valence electrons. The lowest BCUT2D eigenvalue weighted by Gasteiger charge is -2.12. The number of nitrogens with two attached hydrogens (primary N) is 1. The van der Waals surface area contributed by atoms with Gasteiger partial charge in [-0.1, -0.05) is 18.7 Å². The minimum absolute atomic E-state index is 0.132. The van der Waals surface area contributed by atoms with Crippen LogP contribution in [0.15, 0.2) is 49.7 Å². The molecule has 0 bridgehead atoms. The van der Waals surface area contributed by atoms with Crippen molar-refractivity contribution in [3.8, 4) is 0 Å². The Morgan fingerprint density at radius 1 is 1.33 bits per heavy atom. The Hall–Kier alpha value is -1.77. The van der Waals surface area contributed by atoms with E-state index < -0.39 is 0 Å². The van der Waals surface area contributed by atoms with Gasteiger partial charge in [0.2, 0.25) is 5.91 Å². The van der Waals surface area contributed by atoms with Gasteiger partial charge in [0.15, 0.2) is 0 Å². The molecule has 3 N–H and O–H groups in total. The fourth-order valence-corrected chi connectivity index (χ4v) is 1.08. The number of amides is 1. The van der Waals surface area contributed by atoms with E-state index in [1.165, 1.54) is 6.08 Å². The summed E-state index contributed by atoms with van der Waals surface area (Å²) in [6, 6.07) is -0.132. The normalized spacial score (nSPS) is 12.7. The molecule has 0 aliphatic rings. The summed E-state index contributed by atoms with van der Waals surface area (Å²) in [6.07, 6.45) is 7.71. The molecule has 0 aromatic carbocycles. The van der Waals surface area contributed by atoms with E-state index in [4.69, 9.17) is 5.73 Å². The molecular formula is C12H18N2O. The molecule has 3 nitrogen and oxygen atoms in total. The minimum atomic E-state index is -0.218. The molecule has 15 heavy (non-hydrogen) atoms. The highest BCUT2D eigenvalue weighted by Gasteiger charge is 2.05. The van der Waals surface area contributed by atoms with Crippen molar-refractivity contribution in [1.82, 2.24) is 5.32 Å². The third kappa shape index (κ3) is 6.32. The van der Waals surface area contributed by atoms with Crippen LogP contribution in [0, 0.1) is 0 Å². The van der Waals surface area contributed by atoms with E-state index >= 15 is 0 Å². The number of carbonyl (C=O) groups is 1. The molecule has 3 heteroatoms. The van der Waals surface area contributed by atoms with Crippen LogP contribution in [0.4, 0.5) is 0 Å². The maximum atomic E-state index is 11.1. The molecule has 0 spiro atoms. The van der Waals surface area contributed by atoms with Crippen molar-refractivity contribution in [3.05, 3.63) is 49.7 Å². The standard InChI is InChI=1S/C12H18N2O/c1-4-7-10(13)9-11(8-5-2)14-12(15)6-3/h4-6,9,11H,1-3,7-8,13H2,(H,14,15). The van der Waals surface area contributed by atoms with Crippen LogP contribution in [-0.2, 0) is 4.79 Å². The highest BCUT2D eigenvalue weighted by atomic mass is 16.1. The molecule has 1 unspecified atom stereocenters. The molecule has 0 heterocycles. The zero-order chi connectivity index (χ0) is 11.7. The van der Waals surface area contributed by atoms with E-state index in [-0.39, 0.29) is 11.9 Å². The van der Waals surface area contributed by atoms with Crippen LogP contribution in [0.5, 0.6) is 0 Å². The van der Waals surface area contributed by atoms with Crippen LogP contribution >= 0.6 is 0 Å². The van der Waals surface area contributed by atoms with Gasteiger partial charge >= 0.3 is 0 Å². The van der Waals surface area contributed by atoms with E-state index in [0.29, 0.717) is 18.5 Å². The first-order chi connectivity index (χ1) is 7.13. The molecule has 0 fully saturated rings. The first kappa shape index (κ1) is 13.2. The van der Waals surface area contributed by atoms with Crippen LogP contribution in [0.2, 0.25) is 0 Å². The minimum Gasteiger partial charge on any atom is -0.402 e. The SMILES string of the molecule is C=CCC(N)=CC(CC=C)NC(=O)C=C. The van der Waals surface area contributed by atoms with Gasteiger partial charge in [-0.3, -0.25) is 4.79 Å². The van der Waals surface area contributed by atoms with Gasteiger partial charge in [0.1, 0.15) is 0 Å². The topological polar surface area (TPSA) is 55.1 Å². The third-order valence-corrected chi connectivity index (χ3v) is 1.73. The lowest BCUT2D eigenvalue weighted by Crippen LogP contribution is -2.32. The second-order valence-corrected chi connectivity index (χ2v) is 3.08. The Bertz CT molecular complexity index is 279. The maximum absolute atomic E-state index is 11.1. The van der Waals surface area contributed by atoms with Gasteiger partial charge in [-0.15, -0.1) is 13.2 Å². The zero-order valence-corrected chi connectivity index (χ0v) is 8.91. The highest BCUT2D eigenvalue weighted by Crippen LogP contribution is 2.01. The smallest absolute Gasteiger partial charge is 0.243 e. The fourth-order valence-electron chi connectivity index (χ4n) is 1.08. The van der Waals surface area contributed by atoms with E-state index in [1.54, 1.807) is 18.2 Å². The average molecular weight is 206 g/mol. The average Bonchev–Trinajstić information content (AvgIpc) is 2.18. The molecule has 0 radical (unpaired) electrons. The number of hydrogen-bond donors (Lipinski definition) is 2. The van der Waals surface area contributed by atoms with Gasteiger partial charge in [0.05, 0.1) is 6.04 Å². The van der Waals surface area contributed by atoms with E-state index in [0.717, 1.165) is 0 Å². The Morgan fingerprint density at radius 2 is 2.00 bits per heavy atom. The van der Waals surface area contributed by atoms with Gasteiger partial charge in [-0.2, -0.15) is 0 Å². The van der Waals surface area contributed by atoms with Gasteiger partial charge in [0.25, 0.3) is 0 Å². The number of rotatable bonds is 7. The van der Waals surface area contributed by atoms with E-state index in [2.05, 4.69) is 25.1 Å². The summed E-state index contributed by atoms with van der Waals surface area (Å²) < 4.78 is 0. The molecule has 0 rings (SSSR count). The summed E-state index contributed by atoms with van der Waals surface area (Å²) in [7, 11) is 0. The zero-order valence-electron chi connectivity index (χ0n) is 8.91. The molecule has 0 aromatic rings. The van der Waals surface area contributed by atoms with Crippen LogP contribution < -0.4 is 11.1 Å². The fraction of sp³-hybridized carbons (Fsp3) is 0.250. The highest BCUT2D eigenvalue weighted by molar-refractivity contribution is 5.87. The van der Waals surface area contributed by atoms with Crippen molar-refractivity contribution in [2.75, 3.05) is 0 Å². The largest absolute Gasteiger partial charge is 0.402 e. The quantitative estimate of drug-likeness (QED) is 0.491. The lowest BCUT2D eigenvalue weighted by molar-refractivity contribution is -0.116. The summed E-state index contributed by atoms with van der Waals surface area (Å²) in [5, 5.41) is 2.74. The number of carbonyl (C=O) groups excluding carboxylic acids is 1. The summed E-state index contributed by atoms with van der Waals surface area (Å²) in [5.41, 5.74) is 6.39. The first-order valence-electron chi connectivity index (χ1n) is 4.75. The summed E-state index contributed by atoms with van der Waals surface area (Å²) in [4.78, 5) is 11.1. The van der Waals surface area contributed by atoms with Crippen molar-refractivity contribution in [1.29, 1.82) is 0 Å². The Balaban J connectivity index is 4.43. The predicted octanol–water partition coefficient (Wildman–Crippen LogP) is 1.65. The van der Waals surface area contributed by atoms with Crippen molar-refractivity contribution >= 4 is 5.91 Å². The third-order valence-electron chi connectivity index (χ3n) is 1.73. The van der Waals surface area contributed by atoms with Crippen LogP contribution in [0.1, 0.15) is 12.8 Å². The van der Waals surface area contributed by atoms with Crippen molar-refractivity contribution in [2.45, 2.75) is 18.9 Å². The van der Waals surface area contributed by atoms with Crippen LogP contribution in [0.3, 0.4) is 0 Å². The molecular weight excluding hydrogens is 188 g/mol. The van der Waals surface area contributed by atoms with Crippen molar-refractivity contribution in [3.63, 3.8) is 0 Å². The first-order valence-corrected chi connectivity index (χ1v) is 4.75. The summed E-state index contributed by atoms with van der Waals surface area (Å²) in [5.74, 6) is -0.218. The lowest BCUT2D eigenvalue weighted by atomic mass is 10.1. The van der Waals surface area contributed by atoms with Gasteiger partial charge in [-0.05, 0) is 18.6 Å². The molecule has 0 saturated carbocycles. The Kier molecular flexibility index (Phi) is 6.72. The molecule has 1 atom stereocenters. The van der Waals surface area contributed by atoms with E-state index in [9.17, 15) is 4.79 Å². The van der Waals surface area contributed by atoms with Gasteiger partial charge < -0.3 is 11.1 Å². The number of nitrogens with one attached hydrogen (secondary N) is 1. The monoisotopic (exact) mass is 206 g/mol. The molecule has 0 saturated heterocycles. The Morgan fingerprint density at radius 3 is 2.47 bits per heavy atom. The second-order valence-electron chi connectivity index (χ2n) is 3.08. The molecule has 0 aromatic heterocycles. The number of hydrogen-bond acceptors (Lipinski definition) is 2. The summed E-state index contributed by atoms with van der Waals surface area (Å²) >= 11 is 0. The number of allylic oxidation sites excluding steroid dienone is 1. The molecule has 0 aliphatic carbocycles. The van der Waals surface area contributed by atoms with Crippen LogP contribution in [0.25, 0.3) is 0 Å². The van der Waals surface area contributed by atoms with Crippen LogP contribution in [-0.4, -0.2) is 11.9 Å². The molecule has 0 aliphatic heterocycles. The maximum Gasteiger partial charge on any atom is 0.243 e. The molecule has 1 amide bonds. The van der Waals surface area contributed by atoms with Gasteiger partial charge in [0, 0.05) is 12.1 Å². The summed E-state index contributed by atoms with van der Waals surface area (Å²) in [6.45, 7) is 10.6. The van der Waals surface area contributed by atoms with Gasteiger partial charge in [-0.25, -0.2) is 0 Å². The predicted molar refractivity (Wildman–Crippen MR) is 64.0 cm³/mol. The van der Waals surface area contributed by atoms with E-state index in [1.807, 2.05) is 0 Å². The Labute approximate surface area is 91.0 Å².